The van der Waals surface area contributed by atoms with E-state index in [9.17, 15) is 5.11 Å². The van der Waals surface area contributed by atoms with E-state index in [-0.39, 0.29) is 26.8 Å². The van der Waals surface area contributed by atoms with Crippen molar-refractivity contribution in [3.63, 3.8) is 0 Å². The number of benzene rings is 15. The van der Waals surface area contributed by atoms with Crippen LogP contribution in [0, 0.1) is 12.1 Å². The van der Waals surface area contributed by atoms with Gasteiger partial charge in [-0.15, -0.1) is 63.7 Å². The number of rotatable bonds is 7. The van der Waals surface area contributed by atoms with Gasteiger partial charge < -0.3 is 23.5 Å². The molecule has 0 aliphatic heterocycles. The predicted octanol–water partition coefficient (Wildman–Crippen LogP) is 30.8. The van der Waals surface area contributed by atoms with Crippen molar-refractivity contribution in [1.82, 2.24) is 56.8 Å². The average molecular weight is 2020 g/mol. The number of thiophene rings is 3. The fourth-order valence-corrected chi connectivity index (χ4v) is 23.7. The molecule has 0 radical (unpaired) electrons. The van der Waals surface area contributed by atoms with Gasteiger partial charge in [0, 0.05) is 192 Å². The van der Waals surface area contributed by atoms with Gasteiger partial charge in [-0.3, -0.25) is 22.9 Å². The van der Waals surface area contributed by atoms with Crippen molar-refractivity contribution in [2.75, 3.05) is 0 Å². The van der Waals surface area contributed by atoms with Crippen molar-refractivity contribution in [1.29, 1.82) is 0 Å². The van der Waals surface area contributed by atoms with Gasteiger partial charge >= 0.3 is 21.1 Å². The normalized spacial score (nSPS) is 11.9. The minimum atomic E-state index is 0. The van der Waals surface area contributed by atoms with Crippen LogP contribution in [0.2, 0.25) is 0 Å². The molecule has 30 aromatic rings. The first-order valence-electron chi connectivity index (χ1n) is 43.6. The smallest absolute Gasteiger partial charge is 0.508 e. The van der Waals surface area contributed by atoms with Crippen LogP contribution >= 0.6 is 49.9 Å². The fourth-order valence-electron chi connectivity index (χ4n) is 20.1. The van der Waals surface area contributed by atoms with Crippen molar-refractivity contribution < 1.29 is 35.6 Å². The Hall–Kier alpha value is -16.0. The first-order valence-corrected chi connectivity index (χ1v) is 46.8. The number of hydrogen-bond acceptors (Lipinski definition) is 12. The second kappa shape index (κ2) is 31.7. The molecule has 134 heavy (non-hydrogen) atoms. The second-order valence-corrected chi connectivity index (χ2v) is 37.1. The summed E-state index contributed by atoms with van der Waals surface area (Å²) in [5.41, 5.74) is 12.7. The Kier molecular flexibility index (Phi) is 18.7. The number of pyridine rings is 6. The molecule has 20 heteroatoms. The molecule has 30 rings (SSSR count). The Labute approximate surface area is 795 Å². The topological polar surface area (TPSA) is 144 Å². The van der Waals surface area contributed by atoms with E-state index in [1.165, 1.54) is 115 Å². The first kappa shape index (κ1) is 79.0. The summed E-state index contributed by atoms with van der Waals surface area (Å²) in [4.78, 5) is 28.0. The summed E-state index contributed by atoms with van der Waals surface area (Å²) in [5, 5.41) is 34.5. The van der Waals surface area contributed by atoms with Gasteiger partial charge in [-0.2, -0.15) is 6.07 Å². The Morgan fingerprint density at radius 1 is 0.269 bits per heavy atom. The van der Waals surface area contributed by atoms with Gasteiger partial charge in [0.25, 0.3) is 0 Å². The number of halogens is 1. The van der Waals surface area contributed by atoms with E-state index in [0.29, 0.717) is 11.5 Å². The number of phenols is 1. The van der Waals surface area contributed by atoms with E-state index < -0.39 is 0 Å². The molecule has 0 aliphatic rings. The molecular formula is C114H65BrN12O3PtS3. The molecule has 0 unspecified atom stereocenters. The number of aromatic nitrogens is 12. The summed E-state index contributed by atoms with van der Waals surface area (Å²) in [6, 6.07) is 122. The average Bonchev–Trinajstić information content (AvgIpc) is 1.50. The van der Waals surface area contributed by atoms with Crippen molar-refractivity contribution in [3.05, 3.63) is 406 Å². The number of imidazole rings is 3. The largest absolute Gasteiger partial charge is 2.00 e. The van der Waals surface area contributed by atoms with Gasteiger partial charge in [-0.1, -0.05) is 190 Å². The molecule has 0 amide bonds. The SMILES string of the molecule is Brc1ccc2c3ccccc3n(-c3ccccn3)c2c1.Oc1ccc2c(c1)c1nccn1c1c2ccc2sc3ccccc3c21.[Pt+2].[c-]1c(Oc2[c-]c3c(cc2)c2ccccc2n3-c2ccccn2)ccc2c1c1nccn1c1c2ccc2sc3ccccc3c21.c1ccc(-n2c3ccccc3c3ccc(Oc4ccc5c(c4)c4nccn4c4c5ccc5sc6ccccc6c54)cc32)nc1. The molecule has 0 fully saturated rings. The molecular weight excluding hydrogens is 1960 g/mol. The minimum Gasteiger partial charge on any atom is -0.508 e. The van der Waals surface area contributed by atoms with Crippen LogP contribution in [0.1, 0.15) is 0 Å². The van der Waals surface area contributed by atoms with Crippen LogP contribution in [0.4, 0.5) is 0 Å². The van der Waals surface area contributed by atoms with Crippen LogP contribution in [0.15, 0.2) is 394 Å². The summed E-state index contributed by atoms with van der Waals surface area (Å²) in [6.45, 7) is 0. The predicted molar refractivity (Wildman–Crippen MR) is 552 cm³/mol. The Balaban J connectivity index is 0.0000000974. The molecule has 15 aromatic carbocycles. The third-order valence-electron chi connectivity index (χ3n) is 25.6. The zero-order valence-electron chi connectivity index (χ0n) is 70.5. The Morgan fingerprint density at radius 3 is 1.17 bits per heavy atom. The molecule has 1 N–H and O–H groups in total. The summed E-state index contributed by atoms with van der Waals surface area (Å²) >= 11 is 9.05. The van der Waals surface area contributed by atoms with Gasteiger partial charge in [0.15, 0.2) is 0 Å². The Morgan fingerprint density at radius 2 is 0.649 bits per heavy atom. The van der Waals surface area contributed by atoms with E-state index >= 15 is 0 Å². The molecule has 0 saturated heterocycles. The third kappa shape index (κ3) is 12.6. The van der Waals surface area contributed by atoms with Crippen LogP contribution in [0.3, 0.4) is 0 Å². The number of phenolic OH excluding ortho intramolecular Hbond substituents is 1. The molecule has 634 valence electrons. The van der Waals surface area contributed by atoms with Crippen LogP contribution in [0.5, 0.6) is 28.7 Å². The maximum absolute atomic E-state index is 9.94. The van der Waals surface area contributed by atoms with Gasteiger partial charge in [-0.05, 0) is 173 Å². The van der Waals surface area contributed by atoms with Crippen molar-refractivity contribution in [2.45, 2.75) is 0 Å². The van der Waals surface area contributed by atoms with Gasteiger partial charge in [0.05, 0.1) is 38.7 Å². The van der Waals surface area contributed by atoms with Crippen LogP contribution in [-0.2, 0) is 21.1 Å². The fraction of sp³-hybridized carbons (Fsp3) is 0. The van der Waals surface area contributed by atoms with Crippen LogP contribution < -0.4 is 9.47 Å². The van der Waals surface area contributed by atoms with Gasteiger partial charge in [0.2, 0.25) is 0 Å². The monoisotopic (exact) mass is 2020 g/mol. The third-order valence-corrected chi connectivity index (χ3v) is 29.5. The van der Waals surface area contributed by atoms with Gasteiger partial charge in [-0.25, -0.2) is 24.9 Å². The van der Waals surface area contributed by atoms with Crippen LogP contribution in [0.25, 0.3) is 225 Å². The molecule has 0 aliphatic carbocycles. The second-order valence-electron chi connectivity index (χ2n) is 33.0. The zero-order chi connectivity index (χ0) is 87.6. The van der Waals surface area contributed by atoms with Crippen molar-refractivity contribution in [3.8, 4) is 46.2 Å². The Bertz CT molecular complexity index is 9700. The molecule has 0 spiro atoms. The summed E-state index contributed by atoms with van der Waals surface area (Å²) in [6.07, 6.45) is 17.2. The van der Waals surface area contributed by atoms with Crippen LogP contribution in [-0.4, -0.2) is 61.9 Å². The maximum atomic E-state index is 9.94. The number of nitrogens with zero attached hydrogens (tertiary/aromatic N) is 12. The maximum Gasteiger partial charge on any atom is 2.00 e. The molecule has 0 atom stereocenters. The number of para-hydroxylation sites is 3. The van der Waals surface area contributed by atoms with Crippen molar-refractivity contribution in [2.24, 2.45) is 0 Å². The number of aromatic hydroxyl groups is 1. The number of fused-ring (bicyclic) bond motifs is 39. The van der Waals surface area contributed by atoms with E-state index in [0.717, 1.165) is 126 Å². The van der Waals surface area contributed by atoms with E-state index in [4.69, 9.17) is 19.4 Å². The molecule has 15 aromatic heterocycles. The summed E-state index contributed by atoms with van der Waals surface area (Å²) in [7, 11) is 0. The quantitative estimate of drug-likeness (QED) is 0.122. The molecule has 0 bridgehead atoms. The standard InChI is InChI=1S/C38H22N4OS.C38H20N4OS.C21H12N2OS.C17H11BrN2.Pt/c2*1-3-9-31-26(7-1)27-15-13-24(22-32(27)42(31)35-11-5-6-18-39-35)43-23-12-14-25-28-16-17-34-36(29-8-2-4-10-33(29)44-34)37(28)41-20-19-40-38(41)30(25)21-23;24-12-5-6-13-14-7-8-18-19(15-3-1-2-4-17(15)25-18)20(14)23-10-9-22-21(23)16(13)11-12;18-12-8-9-14-13-5-1-2-6-15(13)20(16(14)11-12)17-7-3-4-10-19-17;/h1-22H;1-20H;1-11,24H;1-11H;/q;-2;;;+2. The zero-order valence-corrected chi connectivity index (χ0v) is 76.8. The number of hydrogen-bond donors (Lipinski definition) is 1. The molecule has 15 heterocycles. The van der Waals surface area contributed by atoms with E-state index in [1.807, 2.05) is 169 Å². The van der Waals surface area contributed by atoms with Crippen molar-refractivity contribution >= 4 is 258 Å². The van der Waals surface area contributed by atoms with Gasteiger partial charge in [0.1, 0.15) is 46.0 Å². The molecule has 0 saturated carbocycles. The van der Waals surface area contributed by atoms with E-state index in [1.54, 1.807) is 12.1 Å². The summed E-state index contributed by atoms with van der Waals surface area (Å²) < 4.78 is 34.9. The molecule has 15 nitrogen and oxygen atoms in total. The van der Waals surface area contributed by atoms with E-state index in [2.05, 4.69) is 318 Å². The number of ether oxygens (including phenoxy) is 2. The first-order chi connectivity index (χ1) is 65.8. The summed E-state index contributed by atoms with van der Waals surface area (Å²) in [5.74, 6) is 5.68. The minimum absolute atomic E-state index is 0.